The summed E-state index contributed by atoms with van der Waals surface area (Å²) in [6, 6.07) is 12.8. The molecule has 1 aromatic heterocycles. The molecule has 0 spiro atoms. The Morgan fingerprint density at radius 1 is 1.08 bits per heavy atom. The van der Waals surface area contributed by atoms with Crippen molar-refractivity contribution in [3.63, 3.8) is 0 Å². The average Bonchev–Trinajstić information content (AvgIpc) is 2.98. The van der Waals surface area contributed by atoms with Gasteiger partial charge in [0.2, 0.25) is 5.89 Å². The van der Waals surface area contributed by atoms with Crippen molar-refractivity contribution in [1.29, 1.82) is 0 Å². The Morgan fingerprint density at radius 2 is 1.76 bits per heavy atom. The van der Waals surface area contributed by atoms with Crippen LogP contribution in [0, 0.1) is 11.6 Å². The first-order valence-electron chi connectivity index (χ1n) is 7.87. The zero-order chi connectivity index (χ0) is 17.8. The second-order valence-electron chi connectivity index (χ2n) is 5.53. The van der Waals surface area contributed by atoms with Crippen LogP contribution in [0.5, 0.6) is 0 Å². The molecule has 0 aliphatic carbocycles. The molecule has 130 valence electrons. The molecule has 0 saturated heterocycles. The molecule has 7 heteroatoms. The summed E-state index contributed by atoms with van der Waals surface area (Å²) in [4.78, 5) is 13.7. The number of hydrogen-bond donors (Lipinski definition) is 0. The van der Waals surface area contributed by atoms with Crippen molar-refractivity contribution >= 4 is 0 Å². The number of halogens is 2. The third-order valence-electron chi connectivity index (χ3n) is 3.85. The first kappa shape index (κ1) is 17.0. The lowest BCUT2D eigenvalue weighted by molar-refractivity contribution is 0.197. The predicted octanol–water partition coefficient (Wildman–Crippen LogP) is 3.26. The Hall–Kier alpha value is -2.80. The summed E-state index contributed by atoms with van der Waals surface area (Å²) in [5, 5.41) is 4.16. The van der Waals surface area contributed by atoms with Crippen LogP contribution in [0.2, 0.25) is 0 Å². The van der Waals surface area contributed by atoms with E-state index in [0.29, 0.717) is 12.1 Å². The second kappa shape index (κ2) is 7.40. The molecule has 0 saturated carbocycles. The predicted molar refractivity (Wildman–Crippen MR) is 88.6 cm³/mol. The van der Waals surface area contributed by atoms with Gasteiger partial charge >= 0.3 is 5.76 Å². The first-order valence-corrected chi connectivity index (χ1v) is 7.87. The monoisotopic (exact) mass is 345 g/mol. The molecule has 0 radical (unpaired) electrons. The molecular formula is C18H17F2N3O2. The highest BCUT2D eigenvalue weighted by atomic mass is 19.1. The number of rotatable bonds is 6. The van der Waals surface area contributed by atoms with Crippen LogP contribution >= 0.6 is 0 Å². The summed E-state index contributed by atoms with van der Waals surface area (Å²) in [7, 11) is 0. The summed E-state index contributed by atoms with van der Waals surface area (Å²) in [5.74, 6) is -1.64. The van der Waals surface area contributed by atoms with Gasteiger partial charge in [0.15, 0.2) is 0 Å². The third-order valence-corrected chi connectivity index (χ3v) is 3.85. The molecule has 0 aliphatic rings. The summed E-state index contributed by atoms with van der Waals surface area (Å²) in [6.45, 7) is 2.41. The van der Waals surface area contributed by atoms with Crippen LogP contribution in [0.15, 0.2) is 57.7 Å². The van der Waals surface area contributed by atoms with E-state index in [-0.39, 0.29) is 24.7 Å². The topological polar surface area (TPSA) is 51.3 Å². The minimum atomic E-state index is -0.619. The Kier molecular flexibility index (Phi) is 5.04. The van der Waals surface area contributed by atoms with Crippen molar-refractivity contribution in [1.82, 2.24) is 14.7 Å². The molecule has 25 heavy (non-hydrogen) atoms. The summed E-state index contributed by atoms with van der Waals surface area (Å²) >= 11 is 0. The van der Waals surface area contributed by atoms with Gasteiger partial charge < -0.3 is 4.42 Å². The van der Waals surface area contributed by atoms with Crippen molar-refractivity contribution in [2.75, 3.05) is 6.54 Å². The molecule has 0 amide bonds. The summed E-state index contributed by atoms with van der Waals surface area (Å²) < 4.78 is 34.0. The number of hydrogen-bond acceptors (Lipinski definition) is 4. The smallest absolute Gasteiger partial charge is 0.388 e. The number of benzene rings is 2. The maximum absolute atomic E-state index is 13.8. The van der Waals surface area contributed by atoms with Crippen LogP contribution in [0.4, 0.5) is 8.78 Å². The lowest BCUT2D eigenvalue weighted by atomic mass is 10.2. The lowest BCUT2D eigenvalue weighted by Crippen LogP contribution is -2.31. The molecule has 0 bridgehead atoms. The molecule has 0 atom stereocenters. The highest BCUT2D eigenvalue weighted by molar-refractivity contribution is 5.51. The quantitative estimate of drug-likeness (QED) is 0.688. The average molecular weight is 345 g/mol. The van der Waals surface area contributed by atoms with Gasteiger partial charge in [0.25, 0.3) is 0 Å². The maximum atomic E-state index is 13.8. The van der Waals surface area contributed by atoms with Gasteiger partial charge in [-0.1, -0.05) is 31.2 Å². The molecule has 3 aromatic rings. The van der Waals surface area contributed by atoms with Crippen LogP contribution in [0.3, 0.4) is 0 Å². The van der Waals surface area contributed by atoms with E-state index in [1.807, 2.05) is 25.1 Å². The van der Waals surface area contributed by atoms with Crippen molar-refractivity contribution in [3.8, 4) is 11.5 Å². The highest BCUT2D eigenvalue weighted by Crippen LogP contribution is 2.16. The molecule has 2 aromatic carbocycles. The van der Waals surface area contributed by atoms with Gasteiger partial charge in [-0.25, -0.2) is 13.6 Å². The third kappa shape index (κ3) is 3.83. The Bertz CT molecular complexity index is 886. The number of nitrogens with zero attached hydrogens (tertiary/aromatic N) is 3. The van der Waals surface area contributed by atoms with Crippen LogP contribution in [-0.2, 0) is 13.2 Å². The molecule has 0 unspecified atom stereocenters. The molecule has 0 N–H and O–H groups in total. The second-order valence-corrected chi connectivity index (χ2v) is 5.53. The van der Waals surface area contributed by atoms with Crippen molar-refractivity contribution in [2.24, 2.45) is 0 Å². The van der Waals surface area contributed by atoms with Crippen LogP contribution in [-0.4, -0.2) is 21.2 Å². The Labute approximate surface area is 143 Å². The van der Waals surface area contributed by atoms with E-state index in [2.05, 4.69) is 5.10 Å². The fourth-order valence-corrected chi connectivity index (χ4v) is 2.45. The van der Waals surface area contributed by atoms with Gasteiger partial charge in [0, 0.05) is 17.7 Å². The summed E-state index contributed by atoms with van der Waals surface area (Å²) in [6.07, 6.45) is 0. The zero-order valence-corrected chi connectivity index (χ0v) is 13.7. The normalized spacial score (nSPS) is 11.2. The maximum Gasteiger partial charge on any atom is 0.438 e. The first-order chi connectivity index (χ1) is 12.1. The zero-order valence-electron chi connectivity index (χ0n) is 13.7. The molecule has 0 aliphatic heterocycles. The van der Waals surface area contributed by atoms with Crippen LogP contribution < -0.4 is 5.76 Å². The minimum absolute atomic E-state index is 0.0228. The van der Waals surface area contributed by atoms with E-state index in [0.717, 1.165) is 4.68 Å². The van der Waals surface area contributed by atoms with Gasteiger partial charge in [-0.2, -0.15) is 4.68 Å². The van der Waals surface area contributed by atoms with E-state index in [9.17, 15) is 13.6 Å². The van der Waals surface area contributed by atoms with Gasteiger partial charge in [-0.3, -0.25) is 4.90 Å². The number of aromatic nitrogens is 2. The van der Waals surface area contributed by atoms with E-state index < -0.39 is 17.4 Å². The van der Waals surface area contributed by atoms with E-state index >= 15 is 0 Å². The molecule has 0 fully saturated rings. The van der Waals surface area contributed by atoms with Gasteiger partial charge in [-0.15, -0.1) is 5.10 Å². The van der Waals surface area contributed by atoms with Crippen LogP contribution in [0.25, 0.3) is 11.5 Å². The molecule has 1 heterocycles. The SMILES string of the molecule is CCN(Cc1c(F)cccc1F)Cn1nc(-c2ccccc2)oc1=O. The van der Waals surface area contributed by atoms with E-state index in [1.54, 1.807) is 17.0 Å². The largest absolute Gasteiger partial charge is 0.438 e. The van der Waals surface area contributed by atoms with Crippen LogP contribution in [0.1, 0.15) is 12.5 Å². The summed E-state index contributed by atoms with van der Waals surface area (Å²) in [5.41, 5.74) is 0.644. The molecule has 5 nitrogen and oxygen atoms in total. The minimum Gasteiger partial charge on any atom is -0.388 e. The van der Waals surface area contributed by atoms with Crippen molar-refractivity contribution < 1.29 is 13.2 Å². The molecular weight excluding hydrogens is 328 g/mol. The fraction of sp³-hybridized carbons (Fsp3) is 0.222. The van der Waals surface area contributed by atoms with Gasteiger partial charge in [0.1, 0.15) is 18.3 Å². The lowest BCUT2D eigenvalue weighted by Gasteiger charge is -2.20. The van der Waals surface area contributed by atoms with Crippen molar-refractivity contribution in [2.45, 2.75) is 20.1 Å². The standard InChI is InChI=1S/C18H17F2N3O2/c1-2-22(11-14-15(19)9-6-10-16(14)20)12-23-18(24)25-17(21-23)13-7-4-3-5-8-13/h3-10H,2,11-12H2,1H3. The van der Waals surface area contributed by atoms with Gasteiger partial charge in [-0.05, 0) is 30.8 Å². The van der Waals surface area contributed by atoms with E-state index in [4.69, 9.17) is 4.42 Å². The van der Waals surface area contributed by atoms with Crippen molar-refractivity contribution in [3.05, 3.63) is 76.3 Å². The Balaban J connectivity index is 1.81. The molecule has 3 rings (SSSR count). The van der Waals surface area contributed by atoms with E-state index in [1.165, 1.54) is 18.2 Å². The highest BCUT2D eigenvalue weighted by Gasteiger charge is 2.16. The Morgan fingerprint density at radius 3 is 2.40 bits per heavy atom. The van der Waals surface area contributed by atoms with Gasteiger partial charge in [0.05, 0.1) is 0 Å². The fourth-order valence-electron chi connectivity index (χ4n) is 2.45.